The highest BCUT2D eigenvalue weighted by Gasteiger charge is 2.21. The van der Waals surface area contributed by atoms with Crippen molar-refractivity contribution < 1.29 is 4.74 Å². The lowest BCUT2D eigenvalue weighted by Crippen LogP contribution is -2.46. The third-order valence-corrected chi connectivity index (χ3v) is 4.88. The predicted molar refractivity (Wildman–Crippen MR) is 105 cm³/mol. The van der Waals surface area contributed by atoms with E-state index in [4.69, 9.17) is 9.73 Å². The average Bonchev–Trinajstić information content (AvgIpc) is 2.96. The monoisotopic (exact) mass is 367 g/mol. The largest absolute Gasteiger partial charge is 0.374 e. The molecule has 0 bridgehead atoms. The maximum atomic E-state index is 5.91. The summed E-state index contributed by atoms with van der Waals surface area (Å²) in [5.74, 6) is 1.60. The lowest BCUT2D eigenvalue weighted by Gasteiger charge is -2.33. The summed E-state index contributed by atoms with van der Waals surface area (Å²) in [4.78, 5) is 14.0. The molecule has 6 nitrogen and oxygen atoms in total. The van der Waals surface area contributed by atoms with Crippen molar-refractivity contribution in [3.63, 3.8) is 0 Å². The van der Waals surface area contributed by atoms with Gasteiger partial charge in [-0.15, -0.1) is 11.3 Å². The number of aryl methyl sites for hydroxylation is 1. The Morgan fingerprint density at radius 1 is 1.56 bits per heavy atom. The molecule has 1 unspecified atom stereocenters. The molecule has 0 aromatic carbocycles. The van der Waals surface area contributed by atoms with Gasteiger partial charge in [0.1, 0.15) is 0 Å². The number of morpholine rings is 1. The average molecular weight is 368 g/mol. The van der Waals surface area contributed by atoms with E-state index < -0.39 is 0 Å². The molecule has 1 aliphatic rings. The van der Waals surface area contributed by atoms with Crippen molar-refractivity contribution in [2.75, 3.05) is 46.4 Å². The van der Waals surface area contributed by atoms with Crippen molar-refractivity contribution in [3.05, 3.63) is 16.1 Å². The summed E-state index contributed by atoms with van der Waals surface area (Å²) in [5, 5.41) is 6.59. The molecule has 0 aliphatic carbocycles. The molecule has 0 saturated carbocycles. The van der Waals surface area contributed by atoms with Crippen LogP contribution in [-0.2, 0) is 11.3 Å². The van der Waals surface area contributed by atoms with Crippen molar-refractivity contribution in [1.82, 2.24) is 20.1 Å². The van der Waals surface area contributed by atoms with Crippen molar-refractivity contribution in [3.8, 4) is 0 Å². The summed E-state index contributed by atoms with van der Waals surface area (Å²) in [5.41, 5.74) is 1.09. The van der Waals surface area contributed by atoms with E-state index in [0.717, 1.165) is 56.0 Å². The summed E-state index contributed by atoms with van der Waals surface area (Å²) in [6, 6.07) is 0. The van der Waals surface area contributed by atoms with Crippen LogP contribution in [0.5, 0.6) is 0 Å². The first-order chi connectivity index (χ1) is 12.0. The highest BCUT2D eigenvalue weighted by atomic mass is 32.1. The van der Waals surface area contributed by atoms with Crippen LogP contribution in [0.25, 0.3) is 0 Å². The van der Waals surface area contributed by atoms with E-state index >= 15 is 0 Å². The van der Waals surface area contributed by atoms with Gasteiger partial charge in [-0.2, -0.15) is 0 Å². The quantitative estimate of drug-likeness (QED) is 0.591. The van der Waals surface area contributed by atoms with Crippen LogP contribution in [0.1, 0.15) is 31.5 Å². The molecule has 1 fully saturated rings. The second-order valence-corrected chi connectivity index (χ2v) is 8.12. The van der Waals surface area contributed by atoms with E-state index in [1.54, 1.807) is 11.3 Å². The number of aromatic nitrogens is 1. The van der Waals surface area contributed by atoms with Gasteiger partial charge >= 0.3 is 0 Å². The SMILES string of the molecule is CCNC(=NCC1CN(CC(C)C)CCO1)N(C)Cc1csc(C)n1. The highest BCUT2D eigenvalue weighted by molar-refractivity contribution is 7.09. The van der Waals surface area contributed by atoms with Gasteiger partial charge in [-0.05, 0) is 19.8 Å². The fourth-order valence-corrected chi connectivity index (χ4v) is 3.63. The third kappa shape index (κ3) is 6.92. The number of nitrogens with one attached hydrogen (secondary N) is 1. The summed E-state index contributed by atoms with van der Waals surface area (Å²) < 4.78 is 5.91. The summed E-state index contributed by atoms with van der Waals surface area (Å²) >= 11 is 1.69. The van der Waals surface area contributed by atoms with Crippen LogP contribution in [0.2, 0.25) is 0 Å². The van der Waals surface area contributed by atoms with Gasteiger partial charge in [0.05, 0.1) is 36.5 Å². The second kappa shape index (κ2) is 10.1. The van der Waals surface area contributed by atoms with Gasteiger partial charge in [-0.25, -0.2) is 4.98 Å². The number of aliphatic imine (C=N–C) groups is 1. The molecule has 2 rings (SSSR count). The zero-order chi connectivity index (χ0) is 18.2. The predicted octanol–water partition coefficient (Wildman–Crippen LogP) is 2.21. The maximum absolute atomic E-state index is 5.91. The lowest BCUT2D eigenvalue weighted by molar-refractivity contribution is -0.0262. The van der Waals surface area contributed by atoms with Gasteiger partial charge in [0.15, 0.2) is 5.96 Å². The molecule has 7 heteroatoms. The number of hydrogen-bond donors (Lipinski definition) is 1. The van der Waals surface area contributed by atoms with Gasteiger partial charge in [0, 0.05) is 38.6 Å². The first-order valence-corrected chi connectivity index (χ1v) is 10.1. The molecule has 0 spiro atoms. The Bertz CT molecular complexity index is 545. The zero-order valence-electron chi connectivity index (χ0n) is 16.3. The second-order valence-electron chi connectivity index (χ2n) is 7.05. The Kier molecular flexibility index (Phi) is 8.12. The van der Waals surface area contributed by atoms with Crippen LogP contribution in [0.4, 0.5) is 0 Å². The first kappa shape index (κ1) is 20.1. The van der Waals surface area contributed by atoms with Gasteiger partial charge in [-0.1, -0.05) is 13.8 Å². The Balaban J connectivity index is 1.91. The van der Waals surface area contributed by atoms with Crippen LogP contribution in [0, 0.1) is 12.8 Å². The van der Waals surface area contributed by atoms with E-state index in [9.17, 15) is 0 Å². The smallest absolute Gasteiger partial charge is 0.194 e. The molecule has 2 heterocycles. The number of ether oxygens (including phenoxy) is 1. The van der Waals surface area contributed by atoms with Crippen LogP contribution < -0.4 is 5.32 Å². The Morgan fingerprint density at radius 3 is 3.00 bits per heavy atom. The maximum Gasteiger partial charge on any atom is 0.194 e. The standard InChI is InChI=1S/C18H33N5OS/c1-6-19-18(22(5)11-16-13-25-15(4)21-16)20-9-17-12-23(7-8-24-17)10-14(2)3/h13-14,17H,6-12H2,1-5H3,(H,19,20). The van der Waals surface area contributed by atoms with E-state index in [2.05, 4.69) is 53.3 Å². The van der Waals surface area contributed by atoms with Crippen molar-refractivity contribution >= 4 is 17.3 Å². The van der Waals surface area contributed by atoms with Crippen LogP contribution in [0.3, 0.4) is 0 Å². The van der Waals surface area contributed by atoms with Crippen molar-refractivity contribution in [2.45, 2.75) is 40.3 Å². The number of hydrogen-bond acceptors (Lipinski definition) is 5. The fraction of sp³-hybridized carbons (Fsp3) is 0.778. The highest BCUT2D eigenvalue weighted by Crippen LogP contribution is 2.11. The number of nitrogens with zero attached hydrogens (tertiary/aromatic N) is 4. The third-order valence-electron chi connectivity index (χ3n) is 4.05. The van der Waals surface area contributed by atoms with E-state index in [1.165, 1.54) is 0 Å². The molecule has 1 saturated heterocycles. The van der Waals surface area contributed by atoms with Crippen molar-refractivity contribution in [2.24, 2.45) is 10.9 Å². The minimum absolute atomic E-state index is 0.177. The molecule has 0 radical (unpaired) electrons. The van der Waals surface area contributed by atoms with E-state index in [1.807, 2.05) is 6.92 Å². The van der Waals surface area contributed by atoms with Gasteiger partial charge in [0.2, 0.25) is 0 Å². The van der Waals surface area contributed by atoms with Crippen LogP contribution in [0.15, 0.2) is 10.4 Å². The summed E-state index contributed by atoms with van der Waals surface area (Å²) in [7, 11) is 2.06. The molecule has 1 aromatic rings. The topological polar surface area (TPSA) is 53.0 Å². The minimum Gasteiger partial charge on any atom is -0.374 e. The van der Waals surface area contributed by atoms with E-state index in [0.29, 0.717) is 12.5 Å². The van der Waals surface area contributed by atoms with Gasteiger partial charge in [-0.3, -0.25) is 9.89 Å². The summed E-state index contributed by atoms with van der Waals surface area (Å²) in [6.45, 7) is 14.9. The first-order valence-electron chi connectivity index (χ1n) is 9.22. The molecule has 1 atom stereocenters. The van der Waals surface area contributed by atoms with E-state index in [-0.39, 0.29) is 6.10 Å². The normalized spacial score (nSPS) is 19.4. The molecular weight excluding hydrogens is 334 g/mol. The molecular formula is C18H33N5OS. The lowest BCUT2D eigenvalue weighted by atomic mass is 10.2. The van der Waals surface area contributed by atoms with Gasteiger partial charge in [0.25, 0.3) is 0 Å². The summed E-state index contributed by atoms with van der Waals surface area (Å²) in [6.07, 6.45) is 0.177. The molecule has 1 N–H and O–H groups in total. The Hall–Kier alpha value is -1.18. The van der Waals surface area contributed by atoms with Crippen molar-refractivity contribution in [1.29, 1.82) is 0 Å². The minimum atomic E-state index is 0.177. The molecule has 25 heavy (non-hydrogen) atoms. The number of thiazole rings is 1. The molecule has 1 aromatic heterocycles. The number of rotatable bonds is 7. The zero-order valence-corrected chi connectivity index (χ0v) is 17.1. The molecule has 1 aliphatic heterocycles. The molecule has 142 valence electrons. The van der Waals surface area contributed by atoms with Crippen LogP contribution >= 0.6 is 11.3 Å². The fourth-order valence-electron chi connectivity index (χ4n) is 3.03. The Labute approximate surface area is 156 Å². The van der Waals surface area contributed by atoms with Gasteiger partial charge < -0.3 is 15.0 Å². The van der Waals surface area contributed by atoms with Crippen LogP contribution in [-0.4, -0.2) is 73.2 Å². The number of guanidine groups is 1. The molecule has 0 amide bonds. The Morgan fingerprint density at radius 2 is 2.36 bits per heavy atom.